The number of alkyl halides is 3. The number of aliphatic carboxylic acids is 1. The summed E-state index contributed by atoms with van der Waals surface area (Å²) in [5.74, 6) is -0.582. The number of rotatable bonds is 8. The Morgan fingerprint density at radius 2 is 2.11 bits per heavy atom. The van der Waals surface area contributed by atoms with Crippen molar-refractivity contribution in [1.29, 1.82) is 0 Å². The number of likely N-dealkylation sites (tertiary alicyclic amines) is 1. The molecule has 0 spiro atoms. The summed E-state index contributed by atoms with van der Waals surface area (Å²) in [6.07, 6.45) is -0.746. The molecule has 8 heteroatoms. The molecule has 1 aromatic rings. The summed E-state index contributed by atoms with van der Waals surface area (Å²) in [5, 5.41) is 8.91. The molecule has 1 saturated heterocycles. The number of carbonyl (C=O) groups is 1. The lowest BCUT2D eigenvalue weighted by molar-refractivity contribution is -0.139. The van der Waals surface area contributed by atoms with E-state index >= 15 is 0 Å². The average molecular weight is 388 g/mol. The van der Waals surface area contributed by atoms with E-state index in [1.54, 1.807) is 0 Å². The monoisotopic (exact) mass is 388 g/mol. The van der Waals surface area contributed by atoms with Gasteiger partial charge in [-0.25, -0.2) is 0 Å². The smallest absolute Gasteiger partial charge is 0.416 e. The molecular formula is C19H27F3N2O3. The van der Waals surface area contributed by atoms with Crippen molar-refractivity contribution in [3.63, 3.8) is 0 Å². The van der Waals surface area contributed by atoms with Gasteiger partial charge in [-0.2, -0.15) is 13.2 Å². The summed E-state index contributed by atoms with van der Waals surface area (Å²) < 4.78 is 43.6. The zero-order chi connectivity index (χ0) is 19.9. The van der Waals surface area contributed by atoms with E-state index in [0.717, 1.165) is 57.5 Å². The van der Waals surface area contributed by atoms with E-state index in [1.807, 2.05) is 11.9 Å². The van der Waals surface area contributed by atoms with Crippen LogP contribution in [0.5, 0.6) is 5.75 Å². The molecule has 1 N–H and O–H groups in total. The molecular weight excluding hydrogens is 361 g/mol. The summed E-state index contributed by atoms with van der Waals surface area (Å²) in [6, 6.07) is 5.20. The first-order valence-electron chi connectivity index (χ1n) is 9.20. The average Bonchev–Trinajstić information content (AvgIpc) is 2.83. The van der Waals surface area contributed by atoms with Crippen LogP contribution in [-0.2, 0) is 11.0 Å². The maximum atomic E-state index is 12.7. The van der Waals surface area contributed by atoms with E-state index in [0.29, 0.717) is 6.61 Å². The van der Waals surface area contributed by atoms with Gasteiger partial charge in [-0.05, 0) is 64.0 Å². The minimum atomic E-state index is -4.37. The maximum absolute atomic E-state index is 12.7. The fourth-order valence-electron chi connectivity index (χ4n) is 3.39. The topological polar surface area (TPSA) is 53.0 Å². The van der Waals surface area contributed by atoms with Crippen molar-refractivity contribution in [1.82, 2.24) is 9.80 Å². The molecule has 0 aromatic heterocycles. The van der Waals surface area contributed by atoms with Crippen LogP contribution in [0.2, 0.25) is 0 Å². The van der Waals surface area contributed by atoms with Crippen LogP contribution in [0.3, 0.4) is 0 Å². The highest BCUT2D eigenvalue weighted by Gasteiger charge is 2.30. The Morgan fingerprint density at radius 1 is 1.33 bits per heavy atom. The summed E-state index contributed by atoms with van der Waals surface area (Å²) in [7, 11) is 1.84. The Balaban J connectivity index is 1.71. The van der Waals surface area contributed by atoms with Gasteiger partial charge in [-0.1, -0.05) is 6.07 Å². The lowest BCUT2D eigenvalue weighted by Gasteiger charge is -2.25. The quantitative estimate of drug-likeness (QED) is 0.693. The molecule has 0 aliphatic carbocycles. The Hall–Kier alpha value is -1.80. The van der Waals surface area contributed by atoms with Gasteiger partial charge in [0.25, 0.3) is 0 Å². The molecule has 0 radical (unpaired) electrons. The fourth-order valence-corrected chi connectivity index (χ4v) is 3.39. The molecule has 152 valence electrons. The molecule has 1 atom stereocenters. The molecule has 2 rings (SSSR count). The SMILES string of the molecule is CN(CC(=O)O)C1CCCN(CCCOc2cccc(C(F)(F)F)c2)CC1. The van der Waals surface area contributed by atoms with E-state index < -0.39 is 17.7 Å². The van der Waals surface area contributed by atoms with E-state index in [2.05, 4.69) is 4.90 Å². The number of likely N-dealkylation sites (N-methyl/N-ethyl adjacent to an activating group) is 1. The third-order valence-electron chi connectivity index (χ3n) is 4.85. The number of halogens is 3. The predicted octanol–water partition coefficient (Wildman–Crippen LogP) is 3.35. The third-order valence-corrected chi connectivity index (χ3v) is 4.85. The molecule has 0 amide bonds. The van der Waals surface area contributed by atoms with Crippen molar-refractivity contribution < 1.29 is 27.8 Å². The van der Waals surface area contributed by atoms with Crippen molar-refractivity contribution in [2.75, 3.05) is 39.8 Å². The minimum Gasteiger partial charge on any atom is -0.494 e. The Morgan fingerprint density at radius 3 is 2.81 bits per heavy atom. The molecule has 1 aliphatic rings. The largest absolute Gasteiger partial charge is 0.494 e. The lowest BCUT2D eigenvalue weighted by atomic mass is 10.1. The van der Waals surface area contributed by atoms with Crippen LogP contribution in [0.4, 0.5) is 13.2 Å². The first-order chi connectivity index (χ1) is 12.8. The van der Waals surface area contributed by atoms with Crippen molar-refractivity contribution in [3.8, 4) is 5.75 Å². The first kappa shape index (κ1) is 21.5. The highest BCUT2D eigenvalue weighted by atomic mass is 19.4. The zero-order valence-corrected chi connectivity index (χ0v) is 15.5. The normalized spacial score (nSPS) is 19.1. The number of nitrogens with zero attached hydrogens (tertiary/aromatic N) is 2. The van der Waals surface area contributed by atoms with Crippen molar-refractivity contribution >= 4 is 5.97 Å². The second kappa shape index (κ2) is 9.94. The number of carboxylic acids is 1. The molecule has 1 unspecified atom stereocenters. The van der Waals surface area contributed by atoms with Crippen LogP contribution in [-0.4, -0.2) is 66.8 Å². The standard InChI is InChI=1S/C19H27F3N2O3/c1-23(14-18(25)26)16-6-3-9-24(11-8-16)10-4-12-27-17-7-2-5-15(13-17)19(20,21)22/h2,5,7,13,16H,3-4,6,8-12,14H2,1H3,(H,25,26). The summed E-state index contributed by atoms with van der Waals surface area (Å²) in [5.41, 5.74) is -0.705. The Labute approximate surface area is 157 Å². The summed E-state index contributed by atoms with van der Waals surface area (Å²) in [6.45, 7) is 3.06. The third kappa shape index (κ3) is 7.38. The number of hydrogen-bond donors (Lipinski definition) is 1. The van der Waals surface area contributed by atoms with Crippen molar-refractivity contribution in [2.24, 2.45) is 0 Å². The first-order valence-corrected chi connectivity index (χ1v) is 9.20. The molecule has 1 heterocycles. The van der Waals surface area contributed by atoms with Gasteiger partial charge in [0.05, 0.1) is 18.7 Å². The van der Waals surface area contributed by atoms with Crippen LogP contribution in [0.1, 0.15) is 31.2 Å². The highest BCUT2D eigenvalue weighted by Crippen LogP contribution is 2.31. The van der Waals surface area contributed by atoms with E-state index in [-0.39, 0.29) is 18.3 Å². The van der Waals surface area contributed by atoms with Gasteiger partial charge in [-0.3, -0.25) is 9.69 Å². The van der Waals surface area contributed by atoms with Crippen LogP contribution >= 0.6 is 0 Å². The molecule has 1 aromatic carbocycles. The molecule has 1 fully saturated rings. The van der Waals surface area contributed by atoms with Gasteiger partial charge in [0.15, 0.2) is 0 Å². The van der Waals surface area contributed by atoms with Crippen molar-refractivity contribution in [2.45, 2.75) is 37.9 Å². The fraction of sp³-hybridized carbons (Fsp3) is 0.632. The molecule has 1 aliphatic heterocycles. The van der Waals surface area contributed by atoms with Gasteiger partial charge in [0.1, 0.15) is 5.75 Å². The van der Waals surface area contributed by atoms with Gasteiger partial charge < -0.3 is 14.7 Å². The van der Waals surface area contributed by atoms with Gasteiger partial charge in [-0.15, -0.1) is 0 Å². The molecule has 0 bridgehead atoms. The number of carboxylic acid groups (broad SMARTS) is 1. The van der Waals surface area contributed by atoms with Gasteiger partial charge >= 0.3 is 12.1 Å². The Bertz CT molecular complexity index is 610. The molecule has 0 saturated carbocycles. The number of ether oxygens (including phenoxy) is 1. The highest BCUT2D eigenvalue weighted by molar-refractivity contribution is 5.69. The summed E-state index contributed by atoms with van der Waals surface area (Å²) >= 11 is 0. The summed E-state index contributed by atoms with van der Waals surface area (Å²) in [4.78, 5) is 15.0. The van der Waals surface area contributed by atoms with Crippen molar-refractivity contribution in [3.05, 3.63) is 29.8 Å². The van der Waals surface area contributed by atoms with Crippen LogP contribution < -0.4 is 4.74 Å². The van der Waals surface area contributed by atoms with Crippen LogP contribution in [0.25, 0.3) is 0 Å². The predicted molar refractivity (Wildman–Crippen MR) is 95.9 cm³/mol. The maximum Gasteiger partial charge on any atom is 0.416 e. The number of benzene rings is 1. The minimum absolute atomic E-state index is 0.0511. The molecule has 27 heavy (non-hydrogen) atoms. The Kier molecular flexibility index (Phi) is 7.91. The van der Waals surface area contributed by atoms with Crippen LogP contribution in [0, 0.1) is 0 Å². The second-order valence-corrected chi connectivity index (χ2v) is 6.96. The van der Waals surface area contributed by atoms with Crippen LogP contribution in [0.15, 0.2) is 24.3 Å². The zero-order valence-electron chi connectivity index (χ0n) is 15.5. The molecule has 5 nitrogen and oxygen atoms in total. The second-order valence-electron chi connectivity index (χ2n) is 6.96. The van der Waals surface area contributed by atoms with E-state index in [9.17, 15) is 18.0 Å². The van der Waals surface area contributed by atoms with Gasteiger partial charge in [0, 0.05) is 12.6 Å². The van der Waals surface area contributed by atoms with Gasteiger partial charge in [0.2, 0.25) is 0 Å². The lowest BCUT2D eigenvalue weighted by Crippen LogP contribution is -2.36. The van der Waals surface area contributed by atoms with E-state index in [4.69, 9.17) is 9.84 Å². The number of hydrogen-bond acceptors (Lipinski definition) is 4. The van der Waals surface area contributed by atoms with E-state index in [1.165, 1.54) is 12.1 Å².